The number of aliphatic hydroxyl groups excluding tert-OH is 1. The molecule has 3 aliphatic heterocycles. The molecule has 0 amide bonds. The van der Waals surface area contributed by atoms with Gasteiger partial charge in [-0.2, -0.15) is 0 Å². The average Bonchev–Trinajstić information content (AvgIpc) is 3.82. The van der Waals surface area contributed by atoms with E-state index in [1.807, 2.05) is 20.8 Å². The van der Waals surface area contributed by atoms with Gasteiger partial charge < -0.3 is 53.2 Å². The summed E-state index contributed by atoms with van der Waals surface area (Å²) in [4.78, 5) is 31.3. The fraction of sp³-hybridized carbons (Fsp3) is 0.787. The number of carbonyl (C=O) groups is 2. The fourth-order valence-corrected chi connectivity index (χ4v) is 12.0. The lowest BCUT2D eigenvalue weighted by Gasteiger charge is -2.47. The molecule has 0 bridgehead atoms. The second-order valence-corrected chi connectivity index (χ2v) is 18.8. The van der Waals surface area contributed by atoms with Crippen LogP contribution in [0.4, 0.5) is 10.1 Å². The minimum absolute atomic E-state index is 0.0174. The van der Waals surface area contributed by atoms with Gasteiger partial charge in [0.1, 0.15) is 30.2 Å². The van der Waals surface area contributed by atoms with Crippen LogP contribution >= 0.6 is 0 Å². The van der Waals surface area contributed by atoms with Gasteiger partial charge in [-0.1, -0.05) is 26.0 Å². The number of allylic oxidation sites excluding steroid dienone is 2. The molecule has 13 nitrogen and oxygen atoms in total. The lowest BCUT2D eigenvalue weighted by Crippen LogP contribution is -2.59. The summed E-state index contributed by atoms with van der Waals surface area (Å²) in [7, 11) is 8.97. The zero-order valence-corrected chi connectivity index (χ0v) is 37.6. The molecule has 2 N–H and O–H groups in total. The van der Waals surface area contributed by atoms with Gasteiger partial charge in [0.25, 0.3) is 0 Å². The highest BCUT2D eigenvalue weighted by atomic mass is 19.1. The summed E-state index contributed by atoms with van der Waals surface area (Å²) in [6.07, 6.45) is 2.67. The summed E-state index contributed by atoms with van der Waals surface area (Å²) in [6, 6.07) is 5.85. The summed E-state index contributed by atoms with van der Waals surface area (Å²) >= 11 is 0. The summed E-state index contributed by atoms with van der Waals surface area (Å²) in [5.74, 6) is -2.83. The molecule has 4 unspecified atom stereocenters. The van der Waals surface area contributed by atoms with Crippen LogP contribution in [0.3, 0.4) is 0 Å². The number of fused-ring (bicyclic) bond motifs is 5. The molecule has 2 saturated carbocycles. The molecular formula is C47H71FN2O11. The third-order valence-corrected chi connectivity index (χ3v) is 15.1. The molecule has 0 aromatic heterocycles. The average molecular weight is 859 g/mol. The number of carbonyl (C=O) groups excluding carboxylic acids is 2. The predicted molar refractivity (Wildman–Crippen MR) is 225 cm³/mol. The van der Waals surface area contributed by atoms with Gasteiger partial charge in [0.15, 0.2) is 18.4 Å². The molecule has 19 atom stereocenters. The maximum absolute atomic E-state index is 15.1. The van der Waals surface area contributed by atoms with Gasteiger partial charge in [0.2, 0.25) is 0 Å². The molecule has 3 saturated heterocycles. The van der Waals surface area contributed by atoms with Crippen molar-refractivity contribution in [3.63, 3.8) is 0 Å². The van der Waals surface area contributed by atoms with Gasteiger partial charge in [-0.05, 0) is 127 Å². The van der Waals surface area contributed by atoms with Gasteiger partial charge in [0, 0.05) is 44.9 Å². The van der Waals surface area contributed by atoms with E-state index in [2.05, 4.69) is 37.3 Å². The van der Waals surface area contributed by atoms with Crippen LogP contribution in [0.1, 0.15) is 85.5 Å². The van der Waals surface area contributed by atoms with Crippen LogP contribution in [0.2, 0.25) is 0 Å². The van der Waals surface area contributed by atoms with Crippen molar-refractivity contribution in [3.8, 4) is 0 Å². The Hall–Kier alpha value is -2.53. The Balaban J connectivity index is 1.21. The number of Topliss-reactive ketones (excluding diaryl/α,β-unsaturated/α-hetero) is 1. The van der Waals surface area contributed by atoms with Crippen molar-refractivity contribution in [3.05, 3.63) is 41.7 Å². The highest BCUT2D eigenvalue weighted by molar-refractivity contribution is 5.99. The van der Waals surface area contributed by atoms with E-state index in [0.717, 1.165) is 19.3 Å². The van der Waals surface area contributed by atoms with Crippen LogP contribution in [0.15, 0.2) is 35.9 Å². The summed E-state index contributed by atoms with van der Waals surface area (Å²) < 4.78 is 64.6. The number of benzene rings is 1. The predicted octanol–water partition coefficient (Wildman–Crippen LogP) is 5.91. The second-order valence-electron chi connectivity index (χ2n) is 18.8. The molecule has 3 aliphatic carbocycles. The van der Waals surface area contributed by atoms with Gasteiger partial charge in [-0.15, -0.1) is 0 Å². The van der Waals surface area contributed by atoms with Crippen molar-refractivity contribution >= 4 is 17.4 Å². The van der Waals surface area contributed by atoms with E-state index in [1.54, 1.807) is 33.5 Å². The quantitative estimate of drug-likeness (QED) is 0.255. The number of aliphatic hydroxyl groups is 1. The summed E-state index contributed by atoms with van der Waals surface area (Å²) in [5.41, 5.74) is 1.09. The Kier molecular flexibility index (Phi) is 15.3. The van der Waals surface area contributed by atoms with E-state index in [-0.39, 0.29) is 78.4 Å². The van der Waals surface area contributed by atoms with Gasteiger partial charge in [-0.25, -0.2) is 4.39 Å². The number of esters is 1. The van der Waals surface area contributed by atoms with E-state index >= 15 is 4.79 Å². The third-order valence-electron chi connectivity index (χ3n) is 15.1. The second kappa shape index (κ2) is 20.1. The maximum atomic E-state index is 15.1. The minimum Gasteiger partial charge on any atom is -0.462 e. The third kappa shape index (κ3) is 9.78. The lowest BCUT2D eigenvalue weighted by molar-refractivity contribution is -0.314. The Morgan fingerprint density at radius 2 is 1.64 bits per heavy atom. The van der Waals surface area contributed by atoms with Crippen molar-refractivity contribution in [2.45, 2.75) is 165 Å². The summed E-state index contributed by atoms with van der Waals surface area (Å²) in [6.45, 7) is 7.96. The molecule has 342 valence electrons. The number of nitrogens with one attached hydrogen (secondary N) is 1. The van der Waals surface area contributed by atoms with Crippen LogP contribution in [-0.2, 0) is 47.5 Å². The first-order valence-corrected chi connectivity index (χ1v) is 22.8. The van der Waals surface area contributed by atoms with Crippen LogP contribution in [0, 0.1) is 41.3 Å². The molecule has 14 heteroatoms. The number of cyclic esters (lactones) is 1. The Morgan fingerprint density at radius 1 is 0.902 bits per heavy atom. The van der Waals surface area contributed by atoms with Crippen molar-refractivity contribution in [2.75, 3.05) is 40.7 Å². The molecule has 0 radical (unpaired) electrons. The molecule has 7 rings (SSSR count). The maximum Gasteiger partial charge on any atom is 0.306 e. The van der Waals surface area contributed by atoms with Crippen LogP contribution in [0.5, 0.6) is 0 Å². The SMILES string of the molecule is CC[C@H]1CCC[C@H](O[C@H]2CC[C@H](N(C)C)C(C)O2)[C@@H](C)C(=O)C2=C[C@H]3[C@@H]4C[C@H](O[C@@H]5OC(C)[C@H](OC)C(OC)C5OC)C[C@H]4[C@@H](O)[C@H](Nc4cccc(F)c4)[C@H]3[C@@H]2CC(=O)O1. The Labute approximate surface area is 361 Å². The molecule has 1 aromatic rings. The van der Waals surface area contributed by atoms with E-state index in [9.17, 15) is 14.3 Å². The number of hydrogen-bond donors (Lipinski definition) is 2. The van der Waals surface area contributed by atoms with Crippen molar-refractivity contribution < 1.29 is 57.0 Å². The molecule has 6 aliphatic rings. The molecule has 5 fully saturated rings. The number of methoxy groups -OCH3 is 3. The van der Waals surface area contributed by atoms with Gasteiger partial charge in [0.05, 0.1) is 43.0 Å². The number of anilines is 1. The van der Waals surface area contributed by atoms with Crippen LogP contribution in [0.25, 0.3) is 0 Å². The monoisotopic (exact) mass is 859 g/mol. The lowest BCUT2D eigenvalue weighted by atomic mass is 9.62. The Bertz CT molecular complexity index is 1680. The molecule has 3 heterocycles. The largest absolute Gasteiger partial charge is 0.462 e. The zero-order chi connectivity index (χ0) is 43.7. The number of hydrogen-bond acceptors (Lipinski definition) is 13. The molecule has 0 spiro atoms. The first kappa shape index (κ1) is 46.5. The topological polar surface area (TPSA) is 143 Å². The number of likely N-dealkylation sites (N-methyl/N-ethyl adjacent to an activating group) is 1. The number of nitrogens with zero attached hydrogens (tertiary/aromatic N) is 1. The van der Waals surface area contributed by atoms with Crippen LogP contribution < -0.4 is 5.32 Å². The normalized spacial score (nSPS) is 43.3. The van der Waals surface area contributed by atoms with Crippen molar-refractivity contribution in [2.24, 2.45) is 35.5 Å². The van der Waals surface area contributed by atoms with Gasteiger partial charge >= 0.3 is 5.97 Å². The summed E-state index contributed by atoms with van der Waals surface area (Å²) in [5, 5.41) is 16.0. The first-order chi connectivity index (χ1) is 29.3. The molecular weight excluding hydrogens is 788 g/mol. The number of ether oxygens (including phenoxy) is 8. The number of ketones is 1. The molecule has 61 heavy (non-hydrogen) atoms. The first-order valence-electron chi connectivity index (χ1n) is 22.8. The van der Waals surface area contributed by atoms with E-state index in [0.29, 0.717) is 43.4 Å². The number of halogens is 1. The van der Waals surface area contributed by atoms with Crippen molar-refractivity contribution in [1.29, 1.82) is 0 Å². The zero-order valence-electron chi connectivity index (χ0n) is 37.6. The van der Waals surface area contributed by atoms with E-state index in [1.165, 1.54) is 12.1 Å². The molecule has 1 aromatic carbocycles. The standard InChI is InChI=1S/C47H71FN2O11/c1-10-29-15-12-16-37(61-39-18-17-36(50(5)6)25(3)57-39)24(2)42(52)35-22-32-31-20-30(60-47-46(56-9)45(55-8)44(54-7)26(4)58-47)21-34(31)43(53)41(40(32)33(35)23-38(51)59-29)49-28-14-11-13-27(48)19-28/h11,13-14,19,22,24-26,29-34,36-37,39-41,43-47,49,53H,10,12,15-18,20-21,23H2,1-9H3/t24-,25?,26?,29+,30+,31+,32+,33-,34-,36+,37+,39+,40-,41-,43-,44+,45?,46?,47+/m1/s1. The van der Waals surface area contributed by atoms with Crippen molar-refractivity contribution in [1.82, 2.24) is 4.90 Å². The number of rotatable bonds is 11. The fourth-order valence-electron chi connectivity index (χ4n) is 12.0. The highest BCUT2D eigenvalue weighted by Gasteiger charge is 2.60. The Morgan fingerprint density at radius 3 is 2.31 bits per heavy atom. The van der Waals surface area contributed by atoms with Crippen LogP contribution in [-0.4, -0.2) is 137 Å². The van der Waals surface area contributed by atoms with E-state index in [4.69, 9.17) is 37.9 Å². The van der Waals surface area contributed by atoms with E-state index < -0.39 is 60.7 Å². The van der Waals surface area contributed by atoms with Gasteiger partial charge in [-0.3, -0.25) is 9.59 Å². The smallest absolute Gasteiger partial charge is 0.306 e. The highest BCUT2D eigenvalue weighted by Crippen LogP contribution is 2.57. The minimum atomic E-state index is -0.911.